The average molecular weight is 504 g/mol. The van der Waals surface area contributed by atoms with E-state index in [2.05, 4.69) is 15.5 Å². The minimum Gasteiger partial charge on any atom is -0.504 e. The molecule has 0 saturated heterocycles. The molecule has 1 amide bonds. The predicted octanol–water partition coefficient (Wildman–Crippen LogP) is 4.57. The van der Waals surface area contributed by atoms with Crippen molar-refractivity contribution >= 4 is 28.9 Å². The standard InChI is InChI=1S/C26H22ClN5O4/c1-14-30-31-26-20(13-24(35)28-17-7-10-22(33)23(34)11-17)29-25(15-3-5-16(27)6-4-15)19-12-18(36-2)8-9-21(19)32(14)26/h3-12,20,33-34H,13H2,1-2H3,(H,28,35). The molecule has 0 aliphatic carbocycles. The lowest BCUT2D eigenvalue weighted by Gasteiger charge is -2.14. The van der Waals surface area contributed by atoms with E-state index >= 15 is 0 Å². The SMILES string of the molecule is COc1ccc2c(c1)C(c1ccc(Cl)cc1)=NC(CC(=O)Nc1ccc(O)c(O)c1)c1nnc(C)n1-2. The van der Waals surface area contributed by atoms with Crippen molar-refractivity contribution < 1.29 is 19.7 Å². The summed E-state index contributed by atoms with van der Waals surface area (Å²) in [4.78, 5) is 18.1. The number of rotatable bonds is 5. The summed E-state index contributed by atoms with van der Waals surface area (Å²) in [6, 6.07) is 16.4. The number of nitrogens with zero attached hydrogens (tertiary/aromatic N) is 4. The third-order valence-corrected chi connectivity index (χ3v) is 6.14. The molecule has 1 aromatic heterocycles. The molecule has 0 bridgehead atoms. The Hall–Kier alpha value is -4.37. The Labute approximate surface area is 211 Å². The zero-order valence-electron chi connectivity index (χ0n) is 19.4. The number of carbonyl (C=O) groups excluding carboxylic acids is 1. The number of hydrogen-bond acceptors (Lipinski definition) is 7. The van der Waals surface area contributed by atoms with Crippen LogP contribution in [0.5, 0.6) is 17.2 Å². The molecular formula is C26H22ClN5O4. The summed E-state index contributed by atoms with van der Waals surface area (Å²) in [7, 11) is 1.60. The number of fused-ring (bicyclic) bond motifs is 3. The van der Waals surface area contributed by atoms with Gasteiger partial charge in [-0.25, -0.2) is 0 Å². The van der Waals surface area contributed by atoms with Crippen molar-refractivity contribution in [2.45, 2.75) is 19.4 Å². The molecule has 5 rings (SSSR count). The highest BCUT2D eigenvalue weighted by molar-refractivity contribution is 6.30. The van der Waals surface area contributed by atoms with E-state index in [4.69, 9.17) is 21.3 Å². The van der Waals surface area contributed by atoms with Crippen LogP contribution in [0.15, 0.2) is 65.7 Å². The Morgan fingerprint density at radius 3 is 2.56 bits per heavy atom. The van der Waals surface area contributed by atoms with Crippen LogP contribution in [0.2, 0.25) is 5.02 Å². The van der Waals surface area contributed by atoms with Crippen LogP contribution in [0.1, 0.15) is 35.2 Å². The van der Waals surface area contributed by atoms with E-state index in [0.29, 0.717) is 33.8 Å². The molecule has 0 saturated carbocycles. The fraction of sp³-hybridized carbons (Fsp3) is 0.154. The van der Waals surface area contributed by atoms with Crippen molar-refractivity contribution in [2.75, 3.05) is 12.4 Å². The second-order valence-corrected chi connectivity index (χ2v) is 8.72. The minimum absolute atomic E-state index is 0.0397. The van der Waals surface area contributed by atoms with Crippen molar-refractivity contribution in [3.05, 3.63) is 88.5 Å². The highest BCUT2D eigenvalue weighted by Crippen LogP contribution is 2.35. The molecule has 4 aromatic rings. The van der Waals surface area contributed by atoms with Crippen molar-refractivity contribution in [3.63, 3.8) is 0 Å². The number of phenolic OH excluding ortho intramolecular Hbond substituents is 2. The fourth-order valence-corrected chi connectivity index (χ4v) is 4.29. The first-order valence-electron chi connectivity index (χ1n) is 11.1. The average Bonchev–Trinajstić information content (AvgIpc) is 3.19. The number of carbonyl (C=O) groups is 1. The number of ether oxygens (including phenoxy) is 1. The Kier molecular flexibility index (Phi) is 6.07. The van der Waals surface area contributed by atoms with Gasteiger partial charge in [-0.05, 0) is 49.4 Å². The van der Waals surface area contributed by atoms with Crippen molar-refractivity contribution in [3.8, 4) is 22.9 Å². The van der Waals surface area contributed by atoms with Crippen LogP contribution < -0.4 is 10.1 Å². The molecule has 1 unspecified atom stereocenters. The van der Waals surface area contributed by atoms with E-state index in [1.54, 1.807) is 19.2 Å². The number of methoxy groups -OCH3 is 1. The maximum Gasteiger partial charge on any atom is 0.227 e. The Bertz CT molecular complexity index is 1500. The molecule has 0 radical (unpaired) electrons. The zero-order valence-corrected chi connectivity index (χ0v) is 20.2. The summed E-state index contributed by atoms with van der Waals surface area (Å²) in [6.07, 6.45) is -0.0397. The molecule has 10 heteroatoms. The first kappa shape index (κ1) is 23.4. The topological polar surface area (TPSA) is 122 Å². The number of aromatic hydroxyl groups is 2. The molecule has 1 aliphatic rings. The van der Waals surface area contributed by atoms with Gasteiger partial charge in [0.1, 0.15) is 17.6 Å². The number of anilines is 1. The first-order chi connectivity index (χ1) is 17.3. The van der Waals surface area contributed by atoms with Crippen LogP contribution in [-0.4, -0.2) is 43.7 Å². The zero-order chi connectivity index (χ0) is 25.4. The monoisotopic (exact) mass is 503 g/mol. The molecule has 9 nitrogen and oxygen atoms in total. The van der Waals surface area contributed by atoms with Gasteiger partial charge in [-0.15, -0.1) is 10.2 Å². The van der Waals surface area contributed by atoms with Crippen LogP contribution in [-0.2, 0) is 4.79 Å². The molecule has 182 valence electrons. The van der Waals surface area contributed by atoms with Gasteiger partial charge < -0.3 is 20.3 Å². The second-order valence-electron chi connectivity index (χ2n) is 8.28. The molecule has 0 spiro atoms. The van der Waals surface area contributed by atoms with E-state index in [-0.39, 0.29) is 23.8 Å². The van der Waals surface area contributed by atoms with E-state index < -0.39 is 6.04 Å². The van der Waals surface area contributed by atoms with Gasteiger partial charge in [0, 0.05) is 27.9 Å². The van der Waals surface area contributed by atoms with E-state index in [1.807, 2.05) is 41.8 Å². The molecule has 1 aliphatic heterocycles. The van der Waals surface area contributed by atoms with Gasteiger partial charge in [0.2, 0.25) is 5.91 Å². The smallest absolute Gasteiger partial charge is 0.227 e. The molecule has 3 N–H and O–H groups in total. The lowest BCUT2D eigenvalue weighted by Crippen LogP contribution is -2.17. The van der Waals surface area contributed by atoms with Gasteiger partial charge in [-0.3, -0.25) is 14.4 Å². The number of hydrogen-bond donors (Lipinski definition) is 3. The fourth-order valence-electron chi connectivity index (χ4n) is 4.17. The third-order valence-electron chi connectivity index (χ3n) is 5.89. The van der Waals surface area contributed by atoms with Gasteiger partial charge in [0.25, 0.3) is 0 Å². The number of nitrogens with one attached hydrogen (secondary N) is 1. The van der Waals surface area contributed by atoms with Crippen molar-refractivity contribution in [2.24, 2.45) is 4.99 Å². The lowest BCUT2D eigenvalue weighted by molar-refractivity contribution is -0.116. The third kappa shape index (κ3) is 4.36. The minimum atomic E-state index is -0.666. The van der Waals surface area contributed by atoms with Gasteiger partial charge in [-0.1, -0.05) is 23.7 Å². The second kappa shape index (κ2) is 9.35. The number of halogens is 1. The molecule has 3 aromatic carbocycles. The number of amides is 1. The summed E-state index contributed by atoms with van der Waals surface area (Å²) in [6.45, 7) is 1.84. The Morgan fingerprint density at radius 1 is 1.06 bits per heavy atom. The van der Waals surface area contributed by atoms with E-state index in [9.17, 15) is 15.0 Å². The van der Waals surface area contributed by atoms with Crippen LogP contribution in [0, 0.1) is 6.92 Å². The van der Waals surface area contributed by atoms with Crippen LogP contribution in [0.3, 0.4) is 0 Å². The van der Waals surface area contributed by atoms with Crippen LogP contribution >= 0.6 is 11.6 Å². The predicted molar refractivity (Wildman–Crippen MR) is 135 cm³/mol. The first-order valence-corrected chi connectivity index (χ1v) is 11.5. The highest BCUT2D eigenvalue weighted by Gasteiger charge is 2.30. The van der Waals surface area contributed by atoms with E-state index in [1.165, 1.54) is 18.2 Å². The Balaban J connectivity index is 1.60. The van der Waals surface area contributed by atoms with Crippen LogP contribution in [0.4, 0.5) is 5.69 Å². The highest BCUT2D eigenvalue weighted by atomic mass is 35.5. The summed E-state index contributed by atoms with van der Waals surface area (Å²) in [5.41, 5.74) is 3.43. The number of aryl methyl sites for hydroxylation is 1. The molecule has 1 atom stereocenters. The molecule has 0 fully saturated rings. The van der Waals surface area contributed by atoms with Gasteiger partial charge in [-0.2, -0.15) is 0 Å². The summed E-state index contributed by atoms with van der Waals surface area (Å²) in [5, 5.41) is 31.3. The summed E-state index contributed by atoms with van der Waals surface area (Å²) in [5.74, 6) is 0.881. The van der Waals surface area contributed by atoms with Gasteiger partial charge >= 0.3 is 0 Å². The van der Waals surface area contributed by atoms with Crippen molar-refractivity contribution in [1.82, 2.24) is 14.8 Å². The van der Waals surface area contributed by atoms with Crippen molar-refractivity contribution in [1.29, 1.82) is 0 Å². The summed E-state index contributed by atoms with van der Waals surface area (Å²) < 4.78 is 7.38. The number of aromatic nitrogens is 3. The number of benzene rings is 3. The van der Waals surface area contributed by atoms with Gasteiger partial charge in [0.05, 0.1) is 24.9 Å². The maximum absolute atomic E-state index is 13.0. The van der Waals surface area contributed by atoms with E-state index in [0.717, 1.165) is 16.8 Å². The normalized spacial score (nSPS) is 14.3. The quantitative estimate of drug-likeness (QED) is 0.271. The molecule has 2 heterocycles. The number of aliphatic imine (C=N–C) groups is 1. The number of phenols is 2. The van der Waals surface area contributed by atoms with Gasteiger partial charge in [0.15, 0.2) is 17.3 Å². The lowest BCUT2D eigenvalue weighted by atomic mass is 10.00. The molecular weight excluding hydrogens is 482 g/mol. The van der Waals surface area contributed by atoms with Crippen LogP contribution in [0.25, 0.3) is 5.69 Å². The Morgan fingerprint density at radius 2 is 1.83 bits per heavy atom. The maximum atomic E-state index is 13.0. The largest absolute Gasteiger partial charge is 0.504 e. The summed E-state index contributed by atoms with van der Waals surface area (Å²) >= 11 is 6.13. The molecule has 36 heavy (non-hydrogen) atoms.